The van der Waals surface area contributed by atoms with Crippen LogP contribution in [0.1, 0.15) is 38.5 Å². The maximum atomic E-state index is 9.42. The lowest BCUT2D eigenvalue weighted by Crippen LogP contribution is -2.49. The van der Waals surface area contributed by atoms with Crippen molar-refractivity contribution in [3.8, 4) is 0 Å². The third-order valence-electron chi connectivity index (χ3n) is 5.03. The van der Waals surface area contributed by atoms with Crippen LogP contribution in [0.5, 0.6) is 0 Å². The van der Waals surface area contributed by atoms with Gasteiger partial charge in [0.25, 0.3) is 0 Å². The molecule has 0 aromatic heterocycles. The van der Waals surface area contributed by atoms with E-state index in [2.05, 4.69) is 6.66 Å². The van der Waals surface area contributed by atoms with Crippen LogP contribution in [0.4, 0.5) is 0 Å². The zero-order valence-electron chi connectivity index (χ0n) is 9.08. The average molecular weight is 212 g/mol. The van der Waals surface area contributed by atoms with E-state index in [1.54, 1.807) is 0 Å². The molecule has 1 N–H and O–H groups in total. The van der Waals surface area contributed by atoms with Gasteiger partial charge in [-0.2, -0.15) is 0 Å². The van der Waals surface area contributed by atoms with E-state index >= 15 is 0 Å². The smallest absolute Gasteiger partial charge is 0.0627 e. The summed E-state index contributed by atoms with van der Waals surface area (Å²) in [5, 5.41) is 10.0. The predicted molar refractivity (Wildman–Crippen MR) is 60.8 cm³/mol. The molecule has 4 aliphatic rings. The van der Waals surface area contributed by atoms with Crippen molar-refractivity contribution in [2.24, 2.45) is 17.8 Å². The summed E-state index contributed by atoms with van der Waals surface area (Å²) in [5.41, 5.74) is 0. The molecule has 14 heavy (non-hydrogen) atoms. The van der Waals surface area contributed by atoms with Crippen LogP contribution >= 0.6 is 7.92 Å². The molecule has 0 aromatic carbocycles. The second kappa shape index (κ2) is 3.19. The molecule has 1 atom stereocenters. The molecular formula is C12H21OP. The van der Waals surface area contributed by atoms with Crippen molar-refractivity contribution < 1.29 is 5.11 Å². The highest BCUT2D eigenvalue weighted by molar-refractivity contribution is 7.58. The first-order valence-corrected chi connectivity index (χ1v) is 8.01. The summed E-state index contributed by atoms with van der Waals surface area (Å²) in [5.74, 6) is 3.12. The molecule has 0 unspecified atom stereocenters. The Bertz CT molecular complexity index is 203. The van der Waals surface area contributed by atoms with E-state index in [1.165, 1.54) is 38.5 Å². The van der Waals surface area contributed by atoms with E-state index in [4.69, 9.17) is 0 Å². The Morgan fingerprint density at radius 1 is 1.07 bits per heavy atom. The molecule has 0 spiro atoms. The molecule has 4 fully saturated rings. The topological polar surface area (TPSA) is 20.2 Å². The fourth-order valence-electron chi connectivity index (χ4n) is 4.68. The van der Waals surface area contributed by atoms with Crippen molar-refractivity contribution in [1.29, 1.82) is 0 Å². The van der Waals surface area contributed by atoms with Crippen molar-refractivity contribution in [3.05, 3.63) is 0 Å². The Morgan fingerprint density at radius 3 is 1.86 bits per heavy atom. The summed E-state index contributed by atoms with van der Waals surface area (Å²) < 4.78 is 0. The first kappa shape index (κ1) is 9.60. The van der Waals surface area contributed by atoms with Crippen LogP contribution in [-0.4, -0.2) is 23.3 Å². The molecule has 0 heterocycles. The highest BCUT2D eigenvalue weighted by Crippen LogP contribution is 2.67. The number of hydrogen-bond acceptors (Lipinski definition) is 1. The molecule has 0 amide bonds. The van der Waals surface area contributed by atoms with E-state index in [-0.39, 0.29) is 7.92 Å². The largest absolute Gasteiger partial charge is 0.392 e. The number of hydrogen-bond donors (Lipinski definition) is 1. The van der Waals surface area contributed by atoms with Crippen LogP contribution in [0, 0.1) is 17.8 Å². The standard InChI is InChI=1S/C12H21OP/c1-14(8-13)12-5-9-2-10(6-12)4-11(3-9)7-12/h9-11,13H,2-8H2,1H3/t9?,10?,11?,12?,14-/m0/s1. The Hall–Kier alpha value is 0.390. The first-order valence-electron chi connectivity index (χ1n) is 6.04. The van der Waals surface area contributed by atoms with Gasteiger partial charge >= 0.3 is 0 Å². The molecule has 80 valence electrons. The van der Waals surface area contributed by atoms with E-state index < -0.39 is 0 Å². The Kier molecular flexibility index (Phi) is 2.19. The van der Waals surface area contributed by atoms with Crippen molar-refractivity contribution in [3.63, 3.8) is 0 Å². The predicted octanol–water partition coefficient (Wildman–Crippen LogP) is 3.02. The highest BCUT2D eigenvalue weighted by atomic mass is 31.1. The van der Waals surface area contributed by atoms with Crippen LogP contribution in [0.2, 0.25) is 0 Å². The van der Waals surface area contributed by atoms with Gasteiger partial charge in [-0.1, -0.05) is 7.92 Å². The van der Waals surface area contributed by atoms with Gasteiger partial charge in [0.2, 0.25) is 0 Å². The molecular weight excluding hydrogens is 191 g/mol. The lowest BCUT2D eigenvalue weighted by molar-refractivity contribution is 0.0350. The Morgan fingerprint density at radius 2 is 1.50 bits per heavy atom. The van der Waals surface area contributed by atoms with Gasteiger partial charge in [-0.3, -0.25) is 0 Å². The number of aliphatic hydroxyl groups is 1. The van der Waals surface area contributed by atoms with Gasteiger partial charge < -0.3 is 5.11 Å². The molecule has 0 aliphatic heterocycles. The molecule has 0 radical (unpaired) electrons. The molecule has 1 nitrogen and oxygen atoms in total. The van der Waals surface area contributed by atoms with Crippen LogP contribution in [0.3, 0.4) is 0 Å². The van der Waals surface area contributed by atoms with E-state index in [1.807, 2.05) is 0 Å². The van der Waals surface area contributed by atoms with E-state index in [0.717, 1.165) is 17.8 Å². The number of aliphatic hydroxyl groups excluding tert-OH is 1. The zero-order chi connectivity index (χ0) is 9.76. The second-order valence-corrected chi connectivity index (χ2v) is 8.61. The summed E-state index contributed by atoms with van der Waals surface area (Å²) in [7, 11) is -0.0969. The van der Waals surface area contributed by atoms with Gasteiger partial charge in [0, 0.05) is 0 Å². The van der Waals surface area contributed by atoms with Gasteiger partial charge in [-0.25, -0.2) is 0 Å². The lowest BCUT2D eigenvalue weighted by atomic mass is 9.56. The van der Waals surface area contributed by atoms with Crippen LogP contribution in [0.25, 0.3) is 0 Å². The Balaban J connectivity index is 1.87. The first-order chi connectivity index (χ1) is 6.72. The molecule has 4 rings (SSSR count). The quantitative estimate of drug-likeness (QED) is 0.697. The van der Waals surface area contributed by atoms with Crippen LogP contribution < -0.4 is 0 Å². The highest BCUT2D eigenvalue weighted by Gasteiger charge is 2.52. The van der Waals surface area contributed by atoms with Crippen molar-refractivity contribution in [1.82, 2.24) is 0 Å². The minimum absolute atomic E-state index is 0.0969. The average Bonchev–Trinajstić information content (AvgIpc) is 2.14. The zero-order valence-corrected chi connectivity index (χ0v) is 9.97. The molecule has 4 aliphatic carbocycles. The molecule has 4 bridgehead atoms. The maximum absolute atomic E-state index is 9.42. The van der Waals surface area contributed by atoms with Crippen LogP contribution in [-0.2, 0) is 0 Å². The minimum atomic E-state index is -0.0969. The number of rotatable bonds is 2. The second-order valence-electron chi connectivity index (χ2n) is 5.98. The van der Waals surface area contributed by atoms with Gasteiger partial charge in [0.15, 0.2) is 0 Å². The lowest BCUT2D eigenvalue weighted by Gasteiger charge is -2.59. The Labute approximate surface area is 88.0 Å². The van der Waals surface area contributed by atoms with Gasteiger partial charge in [-0.05, 0) is 68.1 Å². The van der Waals surface area contributed by atoms with Crippen molar-refractivity contribution >= 4 is 7.92 Å². The van der Waals surface area contributed by atoms with Gasteiger partial charge in [0.05, 0.1) is 6.35 Å². The molecule has 4 saturated carbocycles. The van der Waals surface area contributed by atoms with Gasteiger partial charge in [-0.15, -0.1) is 0 Å². The summed E-state index contributed by atoms with van der Waals surface area (Å²) in [6, 6.07) is 0. The summed E-state index contributed by atoms with van der Waals surface area (Å²) in [4.78, 5) is 0. The SMILES string of the molecule is C[P@@](CO)C12CC3CC(CC(C3)C1)C2. The monoisotopic (exact) mass is 212 g/mol. The fraction of sp³-hybridized carbons (Fsp3) is 1.00. The van der Waals surface area contributed by atoms with Crippen molar-refractivity contribution in [2.45, 2.75) is 43.7 Å². The molecule has 0 saturated heterocycles. The summed E-state index contributed by atoms with van der Waals surface area (Å²) in [6.45, 7) is 2.34. The van der Waals surface area contributed by atoms with Crippen molar-refractivity contribution in [2.75, 3.05) is 13.0 Å². The van der Waals surface area contributed by atoms with Gasteiger partial charge in [0.1, 0.15) is 0 Å². The third kappa shape index (κ3) is 1.28. The maximum Gasteiger partial charge on any atom is 0.0627 e. The van der Waals surface area contributed by atoms with E-state index in [0.29, 0.717) is 11.5 Å². The summed E-state index contributed by atoms with van der Waals surface area (Å²) >= 11 is 0. The fourth-order valence-corrected chi connectivity index (χ4v) is 6.69. The third-order valence-corrected chi connectivity index (χ3v) is 7.62. The normalized spacial score (nSPS) is 52.3. The molecule has 0 aromatic rings. The van der Waals surface area contributed by atoms with E-state index in [9.17, 15) is 5.11 Å². The summed E-state index contributed by atoms with van der Waals surface area (Å²) in [6.07, 6.45) is 9.42. The van der Waals surface area contributed by atoms with Crippen LogP contribution in [0.15, 0.2) is 0 Å². The minimum Gasteiger partial charge on any atom is -0.392 e. The molecule has 2 heteroatoms.